The lowest BCUT2D eigenvalue weighted by molar-refractivity contribution is -0.144. The van der Waals surface area contributed by atoms with Gasteiger partial charge >= 0.3 is 5.97 Å². The van der Waals surface area contributed by atoms with Crippen molar-refractivity contribution in [2.24, 2.45) is 11.7 Å². The zero-order valence-electron chi connectivity index (χ0n) is 12.2. The number of carbonyl (C=O) groups is 3. The van der Waals surface area contributed by atoms with E-state index in [4.69, 9.17) is 10.5 Å². The van der Waals surface area contributed by atoms with Crippen molar-refractivity contribution in [3.05, 3.63) is 35.4 Å². The van der Waals surface area contributed by atoms with E-state index in [2.05, 4.69) is 0 Å². The van der Waals surface area contributed by atoms with Gasteiger partial charge in [-0.2, -0.15) is 0 Å². The molecule has 0 aromatic heterocycles. The lowest BCUT2D eigenvalue weighted by Crippen LogP contribution is -2.50. The summed E-state index contributed by atoms with van der Waals surface area (Å²) in [6.07, 6.45) is 0.996. The van der Waals surface area contributed by atoms with Crippen LogP contribution in [0.15, 0.2) is 24.3 Å². The van der Waals surface area contributed by atoms with Gasteiger partial charge in [-0.15, -0.1) is 0 Å². The van der Waals surface area contributed by atoms with Gasteiger partial charge in [-0.25, -0.2) is 4.79 Å². The summed E-state index contributed by atoms with van der Waals surface area (Å²) in [6.45, 7) is 0.877. The molecule has 2 amide bonds. The van der Waals surface area contributed by atoms with Gasteiger partial charge in [0.15, 0.2) is 6.10 Å². The molecule has 0 bridgehead atoms. The Morgan fingerprint density at radius 1 is 1.27 bits per heavy atom. The van der Waals surface area contributed by atoms with Crippen LogP contribution in [-0.4, -0.2) is 41.9 Å². The molecule has 2 unspecified atom stereocenters. The van der Waals surface area contributed by atoms with E-state index < -0.39 is 12.1 Å². The SMILES string of the molecule is NC(=O)C1CCCN(C(=O)C2Cc3ccccc3C(=O)O2)C1. The van der Waals surface area contributed by atoms with Gasteiger partial charge in [0.05, 0.1) is 11.5 Å². The lowest BCUT2D eigenvalue weighted by Gasteiger charge is -2.34. The molecule has 2 heterocycles. The maximum atomic E-state index is 12.6. The van der Waals surface area contributed by atoms with Crippen molar-refractivity contribution >= 4 is 17.8 Å². The third-order valence-electron chi connectivity index (χ3n) is 4.30. The summed E-state index contributed by atoms with van der Waals surface area (Å²) < 4.78 is 5.28. The Morgan fingerprint density at radius 2 is 2.05 bits per heavy atom. The van der Waals surface area contributed by atoms with E-state index in [-0.39, 0.29) is 17.7 Å². The zero-order valence-corrected chi connectivity index (χ0v) is 12.2. The van der Waals surface area contributed by atoms with Gasteiger partial charge in [-0.3, -0.25) is 9.59 Å². The first-order valence-corrected chi connectivity index (χ1v) is 7.43. The number of carbonyl (C=O) groups excluding carboxylic acids is 3. The van der Waals surface area contributed by atoms with Crippen molar-refractivity contribution in [3.8, 4) is 0 Å². The van der Waals surface area contributed by atoms with E-state index in [1.807, 2.05) is 12.1 Å². The summed E-state index contributed by atoms with van der Waals surface area (Å²) in [5, 5.41) is 0. The van der Waals surface area contributed by atoms with Crippen LogP contribution >= 0.6 is 0 Å². The third-order valence-corrected chi connectivity index (χ3v) is 4.30. The van der Waals surface area contributed by atoms with Crippen LogP contribution in [0.2, 0.25) is 0 Å². The third kappa shape index (κ3) is 2.68. The van der Waals surface area contributed by atoms with E-state index in [0.29, 0.717) is 31.5 Å². The number of hydrogen-bond acceptors (Lipinski definition) is 4. The largest absolute Gasteiger partial charge is 0.448 e. The number of amides is 2. The predicted molar refractivity (Wildman–Crippen MR) is 77.8 cm³/mol. The fourth-order valence-electron chi connectivity index (χ4n) is 3.08. The molecule has 0 radical (unpaired) electrons. The van der Waals surface area contributed by atoms with Crippen LogP contribution in [0.4, 0.5) is 0 Å². The number of esters is 1. The fraction of sp³-hybridized carbons (Fsp3) is 0.438. The minimum Gasteiger partial charge on any atom is -0.448 e. The Morgan fingerprint density at radius 3 is 2.82 bits per heavy atom. The van der Waals surface area contributed by atoms with E-state index >= 15 is 0 Å². The molecule has 3 rings (SSSR count). The molecule has 22 heavy (non-hydrogen) atoms. The number of rotatable bonds is 2. The van der Waals surface area contributed by atoms with Crippen LogP contribution in [-0.2, 0) is 20.7 Å². The van der Waals surface area contributed by atoms with Crippen molar-refractivity contribution in [3.63, 3.8) is 0 Å². The summed E-state index contributed by atoms with van der Waals surface area (Å²) in [5.74, 6) is -1.41. The number of likely N-dealkylation sites (tertiary alicyclic amines) is 1. The Balaban J connectivity index is 1.74. The highest BCUT2D eigenvalue weighted by molar-refractivity contribution is 5.96. The van der Waals surface area contributed by atoms with Crippen LogP contribution in [0.1, 0.15) is 28.8 Å². The number of ether oxygens (including phenoxy) is 1. The molecule has 6 nitrogen and oxygen atoms in total. The van der Waals surface area contributed by atoms with Crippen molar-refractivity contribution < 1.29 is 19.1 Å². The van der Waals surface area contributed by atoms with E-state index in [0.717, 1.165) is 12.0 Å². The highest BCUT2D eigenvalue weighted by atomic mass is 16.5. The first-order chi connectivity index (χ1) is 10.6. The second kappa shape index (κ2) is 5.79. The van der Waals surface area contributed by atoms with Gasteiger partial charge in [-0.05, 0) is 24.5 Å². The Kier molecular flexibility index (Phi) is 3.83. The van der Waals surface area contributed by atoms with Crippen molar-refractivity contribution in [1.82, 2.24) is 4.90 Å². The molecular formula is C16H18N2O4. The molecule has 116 valence electrons. The molecule has 2 atom stereocenters. The van der Waals surface area contributed by atoms with Gasteiger partial charge in [0.25, 0.3) is 5.91 Å². The average molecular weight is 302 g/mol. The first kappa shape index (κ1) is 14.6. The number of primary amides is 1. The minimum absolute atomic E-state index is 0.242. The molecule has 0 spiro atoms. The van der Waals surface area contributed by atoms with Gasteiger partial charge in [-0.1, -0.05) is 18.2 Å². The minimum atomic E-state index is -0.811. The first-order valence-electron chi connectivity index (χ1n) is 7.43. The summed E-state index contributed by atoms with van der Waals surface area (Å²) in [7, 11) is 0. The van der Waals surface area contributed by atoms with E-state index in [1.54, 1.807) is 17.0 Å². The van der Waals surface area contributed by atoms with Crippen molar-refractivity contribution in [2.75, 3.05) is 13.1 Å². The number of cyclic esters (lactones) is 1. The highest BCUT2D eigenvalue weighted by Gasteiger charge is 2.36. The molecular weight excluding hydrogens is 284 g/mol. The highest BCUT2D eigenvalue weighted by Crippen LogP contribution is 2.24. The Hall–Kier alpha value is -2.37. The lowest BCUT2D eigenvalue weighted by atomic mass is 9.95. The zero-order chi connectivity index (χ0) is 15.7. The number of nitrogens with two attached hydrogens (primary N) is 1. The smallest absolute Gasteiger partial charge is 0.339 e. The van der Waals surface area contributed by atoms with Crippen molar-refractivity contribution in [2.45, 2.75) is 25.4 Å². The van der Waals surface area contributed by atoms with Gasteiger partial charge < -0.3 is 15.4 Å². The van der Waals surface area contributed by atoms with Crippen LogP contribution in [0.3, 0.4) is 0 Å². The van der Waals surface area contributed by atoms with Crippen LogP contribution in [0.5, 0.6) is 0 Å². The molecule has 1 saturated heterocycles. The second-order valence-electron chi connectivity index (χ2n) is 5.78. The Bertz CT molecular complexity index is 628. The number of fused-ring (bicyclic) bond motifs is 1. The second-order valence-corrected chi connectivity index (χ2v) is 5.78. The number of nitrogens with zero attached hydrogens (tertiary/aromatic N) is 1. The number of piperidine rings is 1. The van der Waals surface area contributed by atoms with Crippen LogP contribution in [0, 0.1) is 5.92 Å². The van der Waals surface area contributed by atoms with Crippen LogP contribution < -0.4 is 5.73 Å². The quantitative estimate of drug-likeness (QED) is 0.805. The van der Waals surface area contributed by atoms with Gasteiger partial charge in [0.1, 0.15) is 0 Å². The molecule has 0 aliphatic carbocycles. The van der Waals surface area contributed by atoms with E-state index in [1.165, 1.54) is 0 Å². The fourth-order valence-corrected chi connectivity index (χ4v) is 3.08. The summed E-state index contributed by atoms with van der Waals surface area (Å²) in [6, 6.07) is 7.13. The monoisotopic (exact) mass is 302 g/mol. The van der Waals surface area contributed by atoms with E-state index in [9.17, 15) is 14.4 Å². The molecule has 1 aromatic rings. The summed E-state index contributed by atoms with van der Waals surface area (Å²) in [5.41, 5.74) is 6.67. The number of hydrogen-bond donors (Lipinski definition) is 1. The standard InChI is InChI=1S/C16H18N2O4/c17-14(19)11-5-3-7-18(9-11)15(20)13-8-10-4-1-2-6-12(10)16(21)22-13/h1-2,4,6,11,13H,3,5,7-9H2,(H2,17,19). The van der Waals surface area contributed by atoms with Crippen LogP contribution in [0.25, 0.3) is 0 Å². The normalized spacial score (nSPS) is 24.4. The number of benzene rings is 1. The molecule has 1 aromatic carbocycles. The topological polar surface area (TPSA) is 89.7 Å². The van der Waals surface area contributed by atoms with Gasteiger partial charge in [0.2, 0.25) is 5.91 Å². The van der Waals surface area contributed by atoms with Gasteiger partial charge in [0, 0.05) is 19.5 Å². The summed E-state index contributed by atoms with van der Waals surface area (Å²) >= 11 is 0. The summed E-state index contributed by atoms with van der Waals surface area (Å²) in [4.78, 5) is 37.5. The molecule has 0 saturated carbocycles. The predicted octanol–water partition coefficient (Wildman–Crippen LogP) is 0.492. The maximum Gasteiger partial charge on any atom is 0.339 e. The molecule has 2 N–H and O–H groups in total. The van der Waals surface area contributed by atoms with Crippen molar-refractivity contribution in [1.29, 1.82) is 0 Å². The average Bonchev–Trinajstić information content (AvgIpc) is 2.54. The Labute approximate surface area is 128 Å². The maximum absolute atomic E-state index is 12.6. The molecule has 2 aliphatic heterocycles. The molecule has 1 fully saturated rings. The molecule has 6 heteroatoms. The molecule has 2 aliphatic rings.